The van der Waals surface area contributed by atoms with Crippen LogP contribution in [0.4, 0.5) is 4.79 Å². The molecule has 7 heteroatoms. The van der Waals surface area contributed by atoms with E-state index in [0.717, 1.165) is 22.0 Å². The molecule has 3 rings (SSSR count). The molecule has 0 aliphatic carbocycles. The van der Waals surface area contributed by atoms with Gasteiger partial charge in [0.25, 0.3) is 0 Å². The van der Waals surface area contributed by atoms with E-state index in [1.54, 1.807) is 13.1 Å². The highest BCUT2D eigenvalue weighted by Crippen LogP contribution is 2.23. The number of carboxylic acid groups (broad SMARTS) is 1. The highest BCUT2D eigenvalue weighted by atomic mass is 16.5. The summed E-state index contributed by atoms with van der Waals surface area (Å²) in [5.74, 6) is -2.26. The average Bonchev–Trinajstić information content (AvgIpc) is 3.19. The summed E-state index contributed by atoms with van der Waals surface area (Å²) in [7, 11) is 0. The molecule has 0 aliphatic heterocycles. The van der Waals surface area contributed by atoms with Gasteiger partial charge in [-0.25, -0.2) is 4.79 Å². The summed E-state index contributed by atoms with van der Waals surface area (Å²) in [5.41, 5.74) is 2.60. The van der Waals surface area contributed by atoms with Crippen molar-refractivity contribution in [3.63, 3.8) is 0 Å². The average molecular weight is 422 g/mol. The molecule has 7 nitrogen and oxygen atoms in total. The second-order valence-electron chi connectivity index (χ2n) is 7.44. The summed E-state index contributed by atoms with van der Waals surface area (Å²) in [5, 5.41) is 13.2. The third-order valence-corrected chi connectivity index (χ3v) is 5.24. The summed E-state index contributed by atoms with van der Waals surface area (Å²) in [6.45, 7) is 1.85. The lowest BCUT2D eigenvalue weighted by Gasteiger charge is -2.18. The summed E-state index contributed by atoms with van der Waals surface area (Å²) in [4.78, 5) is 39.8. The van der Waals surface area contributed by atoms with Crippen molar-refractivity contribution in [2.24, 2.45) is 5.92 Å². The van der Waals surface area contributed by atoms with Gasteiger partial charge in [-0.1, -0.05) is 55.5 Å². The van der Waals surface area contributed by atoms with Crippen molar-refractivity contribution in [2.45, 2.75) is 38.8 Å². The predicted molar refractivity (Wildman–Crippen MR) is 117 cm³/mol. The SMILES string of the molecule is CCC(NC(=O)OCc1ccccc1)C(=O)C[C@@H](Cc1c[nH]c2ccccc12)C(=O)O. The van der Waals surface area contributed by atoms with E-state index < -0.39 is 24.0 Å². The van der Waals surface area contributed by atoms with E-state index in [2.05, 4.69) is 10.3 Å². The van der Waals surface area contributed by atoms with E-state index in [1.165, 1.54) is 0 Å². The van der Waals surface area contributed by atoms with E-state index in [9.17, 15) is 19.5 Å². The number of ketones is 1. The Labute approximate surface area is 180 Å². The Morgan fingerprint density at radius 2 is 1.77 bits per heavy atom. The molecule has 1 heterocycles. The zero-order valence-corrected chi connectivity index (χ0v) is 17.3. The van der Waals surface area contributed by atoms with Crippen molar-refractivity contribution in [1.29, 1.82) is 0 Å². The van der Waals surface area contributed by atoms with Gasteiger partial charge in [-0.3, -0.25) is 9.59 Å². The molecule has 1 aromatic heterocycles. The first-order valence-electron chi connectivity index (χ1n) is 10.3. The number of fused-ring (bicyclic) bond motifs is 1. The van der Waals surface area contributed by atoms with Crippen molar-refractivity contribution in [3.8, 4) is 0 Å². The highest BCUT2D eigenvalue weighted by molar-refractivity contribution is 5.90. The summed E-state index contributed by atoms with van der Waals surface area (Å²) >= 11 is 0. The molecule has 1 unspecified atom stereocenters. The van der Waals surface area contributed by atoms with Gasteiger partial charge < -0.3 is 20.1 Å². The molecule has 0 radical (unpaired) electrons. The van der Waals surface area contributed by atoms with E-state index in [0.29, 0.717) is 6.42 Å². The fourth-order valence-corrected chi connectivity index (χ4v) is 3.52. The molecule has 0 saturated heterocycles. The fraction of sp³-hybridized carbons (Fsp3) is 0.292. The van der Waals surface area contributed by atoms with Gasteiger partial charge in [0.1, 0.15) is 6.61 Å². The number of benzene rings is 2. The van der Waals surface area contributed by atoms with Crippen LogP contribution in [0.15, 0.2) is 60.8 Å². The topological polar surface area (TPSA) is 108 Å². The Morgan fingerprint density at radius 1 is 1.06 bits per heavy atom. The molecule has 31 heavy (non-hydrogen) atoms. The van der Waals surface area contributed by atoms with E-state index >= 15 is 0 Å². The molecule has 0 fully saturated rings. The number of aromatic nitrogens is 1. The van der Waals surface area contributed by atoms with Gasteiger partial charge in [0.2, 0.25) is 0 Å². The number of alkyl carbamates (subject to hydrolysis) is 1. The monoisotopic (exact) mass is 422 g/mol. The number of para-hydroxylation sites is 1. The van der Waals surface area contributed by atoms with Crippen LogP contribution in [-0.4, -0.2) is 34.0 Å². The molecule has 0 spiro atoms. The Hall–Kier alpha value is -3.61. The number of H-pyrrole nitrogens is 1. The van der Waals surface area contributed by atoms with Crippen molar-refractivity contribution in [1.82, 2.24) is 10.3 Å². The maximum atomic E-state index is 12.7. The normalized spacial score (nSPS) is 12.8. The van der Waals surface area contributed by atoms with Crippen LogP contribution in [0.1, 0.15) is 30.9 Å². The number of carbonyl (C=O) groups is 3. The van der Waals surface area contributed by atoms with Crippen molar-refractivity contribution in [3.05, 3.63) is 71.9 Å². The van der Waals surface area contributed by atoms with Gasteiger partial charge >= 0.3 is 12.1 Å². The van der Waals surface area contributed by atoms with Gasteiger partial charge in [0, 0.05) is 23.5 Å². The molecular weight excluding hydrogens is 396 g/mol. The minimum Gasteiger partial charge on any atom is -0.481 e. The van der Waals surface area contributed by atoms with Crippen LogP contribution in [0.25, 0.3) is 10.9 Å². The molecule has 162 valence electrons. The predicted octanol–water partition coefficient (Wildman–Crippen LogP) is 4.08. The van der Waals surface area contributed by atoms with Crippen molar-refractivity contribution >= 4 is 28.7 Å². The smallest absolute Gasteiger partial charge is 0.408 e. The van der Waals surface area contributed by atoms with E-state index in [-0.39, 0.29) is 25.2 Å². The second-order valence-corrected chi connectivity index (χ2v) is 7.44. The number of hydrogen-bond donors (Lipinski definition) is 3. The van der Waals surface area contributed by atoms with Crippen molar-refractivity contribution < 1.29 is 24.2 Å². The second kappa shape index (κ2) is 10.4. The van der Waals surface area contributed by atoms with E-state index in [4.69, 9.17) is 4.74 Å². The Bertz CT molecular complexity index is 1040. The highest BCUT2D eigenvalue weighted by Gasteiger charge is 2.27. The number of nitrogens with one attached hydrogen (secondary N) is 2. The maximum absolute atomic E-state index is 12.7. The zero-order valence-electron chi connectivity index (χ0n) is 17.3. The number of ether oxygens (including phenoxy) is 1. The minimum absolute atomic E-state index is 0.0929. The van der Waals surface area contributed by atoms with Crippen LogP contribution in [-0.2, 0) is 27.4 Å². The van der Waals surface area contributed by atoms with Crippen molar-refractivity contribution in [2.75, 3.05) is 0 Å². The first-order valence-corrected chi connectivity index (χ1v) is 10.3. The molecular formula is C24H26N2O5. The molecule has 3 aromatic rings. The first-order chi connectivity index (χ1) is 15.0. The lowest BCUT2D eigenvalue weighted by molar-refractivity contribution is -0.143. The standard InChI is InChI=1S/C24H26N2O5/c1-2-20(26-24(30)31-15-16-8-4-3-5-9-16)22(27)13-17(23(28)29)12-18-14-25-21-11-7-6-10-19(18)21/h3-11,14,17,20,25H,2,12-13,15H2,1H3,(H,26,30)(H,28,29)/t17-,20?/m1/s1. The number of carboxylic acids is 1. The minimum atomic E-state index is -1.04. The number of aromatic amines is 1. The van der Waals surface area contributed by atoms with Crippen LogP contribution in [0.5, 0.6) is 0 Å². The van der Waals surface area contributed by atoms with Gasteiger partial charge in [-0.2, -0.15) is 0 Å². The van der Waals surface area contributed by atoms with Gasteiger partial charge in [-0.15, -0.1) is 0 Å². The Morgan fingerprint density at radius 3 is 2.48 bits per heavy atom. The Kier molecular flexibility index (Phi) is 7.43. The Balaban J connectivity index is 1.59. The fourth-order valence-electron chi connectivity index (χ4n) is 3.52. The molecule has 2 aromatic carbocycles. The number of amides is 1. The third kappa shape index (κ3) is 5.94. The quantitative estimate of drug-likeness (QED) is 0.456. The number of Topliss-reactive ketones (excluding diaryl/α,β-unsaturated/α-hetero) is 1. The maximum Gasteiger partial charge on any atom is 0.408 e. The molecule has 2 atom stereocenters. The van der Waals surface area contributed by atoms with Crippen LogP contribution in [0, 0.1) is 5.92 Å². The molecule has 0 aliphatic rings. The summed E-state index contributed by atoms with van der Waals surface area (Å²) in [6, 6.07) is 16.0. The van der Waals surface area contributed by atoms with Gasteiger partial charge in [0.15, 0.2) is 5.78 Å². The lowest BCUT2D eigenvalue weighted by atomic mass is 9.91. The lowest BCUT2D eigenvalue weighted by Crippen LogP contribution is -2.42. The number of aliphatic carboxylic acids is 1. The zero-order chi connectivity index (χ0) is 22.2. The largest absolute Gasteiger partial charge is 0.481 e. The van der Waals surface area contributed by atoms with Gasteiger partial charge in [-0.05, 0) is 30.0 Å². The van der Waals surface area contributed by atoms with Gasteiger partial charge in [0.05, 0.1) is 12.0 Å². The van der Waals surface area contributed by atoms with Crippen LogP contribution >= 0.6 is 0 Å². The molecule has 1 amide bonds. The molecule has 0 bridgehead atoms. The van der Waals surface area contributed by atoms with Crippen LogP contribution < -0.4 is 5.32 Å². The third-order valence-electron chi connectivity index (χ3n) is 5.24. The molecule has 0 saturated carbocycles. The molecule has 3 N–H and O–H groups in total. The van der Waals surface area contributed by atoms with Crippen LogP contribution in [0.3, 0.4) is 0 Å². The number of hydrogen-bond acceptors (Lipinski definition) is 4. The van der Waals surface area contributed by atoms with E-state index in [1.807, 2.05) is 54.6 Å². The number of rotatable bonds is 10. The number of carbonyl (C=O) groups excluding carboxylic acids is 2. The van der Waals surface area contributed by atoms with Crippen LogP contribution in [0.2, 0.25) is 0 Å². The summed E-state index contributed by atoms with van der Waals surface area (Å²) in [6.07, 6.45) is 1.47. The first kappa shape index (κ1) is 22.1. The summed E-state index contributed by atoms with van der Waals surface area (Å²) < 4.78 is 5.17.